The van der Waals surface area contributed by atoms with E-state index in [2.05, 4.69) is 10.6 Å². The van der Waals surface area contributed by atoms with Gasteiger partial charge in [-0.3, -0.25) is 9.59 Å². The molecule has 2 aromatic rings. The number of hydrogen-bond acceptors (Lipinski definition) is 3. The average molecular weight is 380 g/mol. The van der Waals surface area contributed by atoms with Crippen molar-refractivity contribution in [2.45, 2.75) is 0 Å². The Morgan fingerprint density at radius 3 is 2.16 bits per heavy atom. The molecule has 2 rings (SSSR count). The first-order valence-corrected chi connectivity index (χ1v) is 8.42. The van der Waals surface area contributed by atoms with Crippen molar-refractivity contribution < 1.29 is 9.59 Å². The molecule has 0 radical (unpaired) electrons. The molecule has 0 aromatic heterocycles. The SMILES string of the molecule is CN(C)CCNC(=O)c1ccc(C(=O)Nc2cc(Cl)ccc2Cl)cc1. The zero-order chi connectivity index (χ0) is 18.4. The molecule has 7 heteroatoms. The molecular weight excluding hydrogens is 361 g/mol. The Morgan fingerprint density at radius 2 is 1.56 bits per heavy atom. The number of anilines is 1. The predicted octanol–water partition coefficient (Wildman–Crippen LogP) is 3.54. The number of amides is 2. The minimum Gasteiger partial charge on any atom is -0.351 e. The summed E-state index contributed by atoms with van der Waals surface area (Å²) >= 11 is 11.9. The molecule has 0 fully saturated rings. The largest absolute Gasteiger partial charge is 0.351 e. The monoisotopic (exact) mass is 379 g/mol. The Morgan fingerprint density at radius 1 is 0.960 bits per heavy atom. The topological polar surface area (TPSA) is 61.4 Å². The van der Waals surface area contributed by atoms with E-state index in [0.29, 0.717) is 33.4 Å². The van der Waals surface area contributed by atoms with Gasteiger partial charge < -0.3 is 15.5 Å². The molecule has 0 aliphatic rings. The molecule has 5 nitrogen and oxygen atoms in total. The standard InChI is InChI=1S/C18H19Cl2N3O2/c1-23(2)10-9-21-17(24)12-3-5-13(6-4-12)18(25)22-16-11-14(19)7-8-15(16)20/h3-8,11H,9-10H2,1-2H3,(H,21,24)(H,22,25). The molecule has 25 heavy (non-hydrogen) atoms. The van der Waals surface area contributed by atoms with Gasteiger partial charge in [0.25, 0.3) is 11.8 Å². The number of nitrogens with one attached hydrogen (secondary N) is 2. The van der Waals surface area contributed by atoms with Crippen LogP contribution < -0.4 is 10.6 Å². The van der Waals surface area contributed by atoms with Crippen molar-refractivity contribution in [2.24, 2.45) is 0 Å². The third kappa shape index (κ3) is 5.74. The number of likely N-dealkylation sites (N-methyl/N-ethyl adjacent to an activating group) is 1. The quantitative estimate of drug-likeness (QED) is 0.806. The van der Waals surface area contributed by atoms with Gasteiger partial charge in [-0.1, -0.05) is 23.2 Å². The van der Waals surface area contributed by atoms with Gasteiger partial charge in [0.1, 0.15) is 0 Å². The van der Waals surface area contributed by atoms with Gasteiger partial charge in [0.15, 0.2) is 0 Å². The van der Waals surface area contributed by atoms with Gasteiger partial charge in [-0.2, -0.15) is 0 Å². The van der Waals surface area contributed by atoms with Crippen LogP contribution in [0.4, 0.5) is 5.69 Å². The first-order chi connectivity index (χ1) is 11.9. The molecule has 0 bridgehead atoms. The van der Waals surface area contributed by atoms with E-state index >= 15 is 0 Å². The van der Waals surface area contributed by atoms with E-state index in [1.54, 1.807) is 42.5 Å². The van der Waals surface area contributed by atoms with Crippen LogP contribution in [0.15, 0.2) is 42.5 Å². The number of carbonyl (C=O) groups is 2. The van der Waals surface area contributed by atoms with Crippen LogP contribution in [0.25, 0.3) is 0 Å². The van der Waals surface area contributed by atoms with Crippen LogP contribution in [0.3, 0.4) is 0 Å². The summed E-state index contributed by atoms with van der Waals surface area (Å²) in [6.07, 6.45) is 0. The lowest BCUT2D eigenvalue weighted by atomic mass is 10.1. The van der Waals surface area contributed by atoms with Gasteiger partial charge in [0, 0.05) is 29.2 Å². The van der Waals surface area contributed by atoms with Crippen LogP contribution in [0.5, 0.6) is 0 Å². The summed E-state index contributed by atoms with van der Waals surface area (Å²) in [6, 6.07) is 11.2. The van der Waals surface area contributed by atoms with Crippen LogP contribution in [0, 0.1) is 0 Å². The van der Waals surface area contributed by atoms with Crippen molar-refractivity contribution in [1.29, 1.82) is 0 Å². The van der Waals surface area contributed by atoms with Gasteiger partial charge in [-0.15, -0.1) is 0 Å². The summed E-state index contributed by atoms with van der Waals surface area (Å²) in [5.41, 5.74) is 1.35. The van der Waals surface area contributed by atoms with Gasteiger partial charge in [-0.05, 0) is 56.6 Å². The lowest BCUT2D eigenvalue weighted by molar-refractivity contribution is 0.0949. The highest BCUT2D eigenvalue weighted by Crippen LogP contribution is 2.25. The van der Waals surface area contributed by atoms with Crippen LogP contribution in [-0.4, -0.2) is 43.9 Å². The van der Waals surface area contributed by atoms with Crippen molar-refractivity contribution >= 4 is 40.7 Å². The Hall–Kier alpha value is -2.08. The maximum Gasteiger partial charge on any atom is 0.255 e. The van der Waals surface area contributed by atoms with E-state index in [1.165, 1.54) is 0 Å². The average Bonchev–Trinajstić information content (AvgIpc) is 2.58. The van der Waals surface area contributed by atoms with Gasteiger partial charge in [0.2, 0.25) is 0 Å². The van der Waals surface area contributed by atoms with E-state index in [4.69, 9.17) is 23.2 Å². The second kappa shape index (κ2) is 8.85. The highest BCUT2D eigenvalue weighted by Gasteiger charge is 2.11. The van der Waals surface area contributed by atoms with E-state index < -0.39 is 0 Å². The lowest BCUT2D eigenvalue weighted by Crippen LogP contribution is -2.31. The fourth-order valence-corrected chi connectivity index (χ4v) is 2.39. The first-order valence-electron chi connectivity index (χ1n) is 7.66. The molecule has 2 aromatic carbocycles. The van der Waals surface area contributed by atoms with E-state index in [0.717, 1.165) is 6.54 Å². The second-order valence-electron chi connectivity index (χ2n) is 5.71. The van der Waals surface area contributed by atoms with E-state index in [1.807, 2.05) is 19.0 Å². The van der Waals surface area contributed by atoms with Gasteiger partial charge in [-0.25, -0.2) is 0 Å². The van der Waals surface area contributed by atoms with Gasteiger partial charge in [0.05, 0.1) is 10.7 Å². The Labute approximate surface area is 156 Å². The summed E-state index contributed by atoms with van der Waals surface area (Å²) in [5.74, 6) is -0.504. The van der Waals surface area contributed by atoms with Crippen LogP contribution in [0.2, 0.25) is 10.0 Å². The molecule has 0 atom stereocenters. The smallest absolute Gasteiger partial charge is 0.255 e. The fourth-order valence-electron chi connectivity index (χ4n) is 2.06. The first kappa shape index (κ1) is 19.2. The predicted molar refractivity (Wildman–Crippen MR) is 102 cm³/mol. The maximum absolute atomic E-state index is 12.3. The summed E-state index contributed by atoms with van der Waals surface area (Å²) in [6.45, 7) is 1.31. The molecule has 0 saturated carbocycles. The molecule has 0 saturated heterocycles. The van der Waals surface area contributed by atoms with Crippen LogP contribution >= 0.6 is 23.2 Å². The second-order valence-corrected chi connectivity index (χ2v) is 6.56. The van der Waals surface area contributed by atoms with Gasteiger partial charge >= 0.3 is 0 Å². The summed E-state index contributed by atoms with van der Waals surface area (Å²) in [7, 11) is 3.87. The van der Waals surface area contributed by atoms with Crippen molar-refractivity contribution in [2.75, 3.05) is 32.5 Å². The molecular formula is C18H19Cl2N3O2. The number of carbonyl (C=O) groups excluding carboxylic acids is 2. The fraction of sp³-hybridized carbons (Fsp3) is 0.222. The molecule has 0 heterocycles. The van der Waals surface area contributed by atoms with Crippen molar-refractivity contribution in [3.05, 3.63) is 63.6 Å². The zero-order valence-electron chi connectivity index (χ0n) is 14.0. The summed E-state index contributed by atoms with van der Waals surface area (Å²) < 4.78 is 0. The molecule has 0 aliphatic carbocycles. The molecule has 0 spiro atoms. The summed E-state index contributed by atoms with van der Waals surface area (Å²) in [4.78, 5) is 26.3. The van der Waals surface area contributed by atoms with Crippen LogP contribution in [0.1, 0.15) is 20.7 Å². The normalized spacial score (nSPS) is 10.6. The minimum absolute atomic E-state index is 0.174. The van der Waals surface area contributed by atoms with Crippen molar-refractivity contribution in [3.8, 4) is 0 Å². The Kier molecular flexibility index (Phi) is 6.82. The molecule has 0 unspecified atom stereocenters. The number of hydrogen-bond donors (Lipinski definition) is 2. The minimum atomic E-state index is -0.330. The lowest BCUT2D eigenvalue weighted by Gasteiger charge is -2.11. The maximum atomic E-state index is 12.3. The molecule has 0 aliphatic heterocycles. The summed E-state index contributed by atoms with van der Waals surface area (Å²) in [5, 5.41) is 6.39. The van der Waals surface area contributed by atoms with Crippen molar-refractivity contribution in [3.63, 3.8) is 0 Å². The number of nitrogens with zero attached hydrogens (tertiary/aromatic N) is 1. The highest BCUT2D eigenvalue weighted by atomic mass is 35.5. The Bertz CT molecular complexity index is 761. The third-order valence-corrected chi connectivity index (χ3v) is 4.00. The van der Waals surface area contributed by atoms with Crippen molar-refractivity contribution in [1.82, 2.24) is 10.2 Å². The van der Waals surface area contributed by atoms with E-state index in [-0.39, 0.29) is 11.8 Å². The number of rotatable bonds is 6. The molecule has 2 amide bonds. The third-order valence-electron chi connectivity index (χ3n) is 3.43. The number of benzene rings is 2. The highest BCUT2D eigenvalue weighted by molar-refractivity contribution is 6.35. The molecule has 2 N–H and O–H groups in total. The van der Waals surface area contributed by atoms with Crippen LogP contribution in [-0.2, 0) is 0 Å². The zero-order valence-corrected chi connectivity index (χ0v) is 15.5. The van der Waals surface area contributed by atoms with E-state index in [9.17, 15) is 9.59 Å². The number of halogens is 2. The Balaban J connectivity index is 2.00. The molecule has 132 valence electrons.